The Kier molecular flexibility index (Phi) is 5.66. The number of rotatable bonds is 5. The van der Waals surface area contributed by atoms with Crippen LogP contribution in [0.5, 0.6) is 0 Å². The van der Waals surface area contributed by atoms with Gasteiger partial charge in [-0.2, -0.15) is 0 Å². The maximum atomic E-state index is 5.37. The van der Waals surface area contributed by atoms with E-state index < -0.39 is 0 Å². The van der Waals surface area contributed by atoms with Crippen LogP contribution in [0.15, 0.2) is 23.3 Å². The molecular formula is C13H22O2. The third-order valence-electron chi connectivity index (χ3n) is 2.44. The molecule has 0 aromatic carbocycles. The van der Waals surface area contributed by atoms with Crippen molar-refractivity contribution in [3.8, 4) is 0 Å². The second kappa shape index (κ2) is 6.81. The predicted molar refractivity (Wildman–Crippen MR) is 62.7 cm³/mol. The summed E-state index contributed by atoms with van der Waals surface area (Å²) in [4.78, 5) is 0. The first-order valence-electron chi connectivity index (χ1n) is 5.70. The molecule has 0 radical (unpaired) electrons. The second-order valence-corrected chi connectivity index (χ2v) is 4.28. The van der Waals surface area contributed by atoms with Crippen molar-refractivity contribution in [3.63, 3.8) is 0 Å². The quantitative estimate of drug-likeness (QED) is 0.647. The molecule has 1 heterocycles. The SMILES string of the molecule is CC(C)=CCC/C(C)=C/CC1OCCO1. The summed E-state index contributed by atoms with van der Waals surface area (Å²) in [6.07, 6.45) is 7.67. The van der Waals surface area contributed by atoms with Crippen LogP contribution in [0, 0.1) is 0 Å². The van der Waals surface area contributed by atoms with E-state index in [1.54, 1.807) is 0 Å². The van der Waals surface area contributed by atoms with E-state index in [0.717, 1.165) is 32.5 Å². The van der Waals surface area contributed by atoms with E-state index in [4.69, 9.17) is 9.47 Å². The highest BCUT2D eigenvalue weighted by molar-refractivity contribution is 5.02. The molecule has 1 rings (SSSR count). The van der Waals surface area contributed by atoms with E-state index >= 15 is 0 Å². The molecule has 15 heavy (non-hydrogen) atoms. The fraction of sp³-hybridized carbons (Fsp3) is 0.692. The summed E-state index contributed by atoms with van der Waals surface area (Å²) in [5, 5.41) is 0. The van der Waals surface area contributed by atoms with Crippen molar-refractivity contribution in [2.24, 2.45) is 0 Å². The maximum absolute atomic E-state index is 5.37. The Morgan fingerprint density at radius 1 is 1.13 bits per heavy atom. The zero-order chi connectivity index (χ0) is 11.1. The van der Waals surface area contributed by atoms with Crippen molar-refractivity contribution in [1.29, 1.82) is 0 Å². The van der Waals surface area contributed by atoms with Gasteiger partial charge in [0.1, 0.15) is 0 Å². The van der Waals surface area contributed by atoms with E-state index in [0.29, 0.717) is 0 Å². The fourth-order valence-corrected chi connectivity index (χ4v) is 1.53. The number of allylic oxidation sites excluding steroid dienone is 3. The molecule has 0 bridgehead atoms. The van der Waals surface area contributed by atoms with Crippen LogP contribution in [-0.4, -0.2) is 19.5 Å². The average molecular weight is 210 g/mol. The predicted octanol–water partition coefficient (Wildman–Crippen LogP) is 3.44. The molecule has 0 amide bonds. The summed E-state index contributed by atoms with van der Waals surface area (Å²) in [5.41, 5.74) is 2.82. The average Bonchev–Trinajstić information content (AvgIpc) is 2.66. The van der Waals surface area contributed by atoms with Gasteiger partial charge in [0.2, 0.25) is 0 Å². The first kappa shape index (κ1) is 12.5. The van der Waals surface area contributed by atoms with E-state index in [-0.39, 0.29) is 6.29 Å². The van der Waals surface area contributed by atoms with Crippen molar-refractivity contribution in [2.45, 2.75) is 46.3 Å². The third kappa shape index (κ3) is 5.75. The third-order valence-corrected chi connectivity index (χ3v) is 2.44. The Bertz CT molecular complexity index is 231. The summed E-state index contributed by atoms with van der Waals surface area (Å²) in [7, 11) is 0. The van der Waals surface area contributed by atoms with Crippen LogP contribution < -0.4 is 0 Å². The Labute approximate surface area is 93.0 Å². The van der Waals surface area contributed by atoms with Crippen LogP contribution in [0.4, 0.5) is 0 Å². The summed E-state index contributed by atoms with van der Waals surface area (Å²) in [6, 6.07) is 0. The van der Waals surface area contributed by atoms with Gasteiger partial charge in [-0.15, -0.1) is 0 Å². The van der Waals surface area contributed by atoms with E-state index in [1.807, 2.05) is 0 Å². The lowest BCUT2D eigenvalue weighted by molar-refractivity contribution is -0.0381. The van der Waals surface area contributed by atoms with Crippen LogP contribution in [-0.2, 0) is 9.47 Å². The van der Waals surface area contributed by atoms with Crippen molar-refractivity contribution in [2.75, 3.05) is 13.2 Å². The van der Waals surface area contributed by atoms with Crippen LogP contribution in [0.25, 0.3) is 0 Å². The molecule has 0 aromatic rings. The standard InChI is InChI=1S/C13H22O2/c1-11(2)5-4-6-12(3)7-8-13-14-9-10-15-13/h5,7,13H,4,6,8-10H2,1-3H3/b12-7+. The van der Waals surface area contributed by atoms with E-state index in [9.17, 15) is 0 Å². The van der Waals surface area contributed by atoms with Gasteiger partial charge in [0.25, 0.3) is 0 Å². The minimum Gasteiger partial charge on any atom is -0.350 e. The molecule has 0 aromatic heterocycles. The van der Waals surface area contributed by atoms with E-state index in [2.05, 4.69) is 32.9 Å². The van der Waals surface area contributed by atoms with E-state index in [1.165, 1.54) is 11.1 Å². The van der Waals surface area contributed by atoms with Gasteiger partial charge in [-0.1, -0.05) is 23.3 Å². The summed E-state index contributed by atoms with van der Waals surface area (Å²) in [5.74, 6) is 0. The molecule has 2 heteroatoms. The summed E-state index contributed by atoms with van der Waals surface area (Å²) in [6.45, 7) is 7.94. The van der Waals surface area contributed by atoms with Gasteiger partial charge in [0, 0.05) is 6.42 Å². The van der Waals surface area contributed by atoms with Gasteiger partial charge >= 0.3 is 0 Å². The van der Waals surface area contributed by atoms with Crippen molar-refractivity contribution in [1.82, 2.24) is 0 Å². The first-order chi connectivity index (χ1) is 7.18. The zero-order valence-corrected chi connectivity index (χ0v) is 10.1. The normalized spacial score (nSPS) is 18.2. The number of ether oxygens (including phenoxy) is 2. The van der Waals surface area contributed by atoms with Gasteiger partial charge in [-0.25, -0.2) is 0 Å². The molecule has 86 valence electrons. The molecule has 0 spiro atoms. The van der Waals surface area contributed by atoms with Gasteiger partial charge in [-0.05, 0) is 33.6 Å². The molecule has 1 saturated heterocycles. The molecule has 0 saturated carbocycles. The maximum Gasteiger partial charge on any atom is 0.161 e. The van der Waals surface area contributed by atoms with Crippen LogP contribution in [0.3, 0.4) is 0 Å². The summed E-state index contributed by atoms with van der Waals surface area (Å²) >= 11 is 0. The Balaban J connectivity index is 2.17. The minimum absolute atomic E-state index is 0.00315. The molecular weight excluding hydrogens is 188 g/mol. The van der Waals surface area contributed by atoms with Crippen LogP contribution in [0.2, 0.25) is 0 Å². The highest BCUT2D eigenvalue weighted by Crippen LogP contribution is 2.12. The number of hydrogen-bond acceptors (Lipinski definition) is 2. The smallest absolute Gasteiger partial charge is 0.161 e. The second-order valence-electron chi connectivity index (χ2n) is 4.28. The summed E-state index contributed by atoms with van der Waals surface area (Å²) < 4.78 is 10.7. The number of hydrogen-bond donors (Lipinski definition) is 0. The molecule has 2 nitrogen and oxygen atoms in total. The van der Waals surface area contributed by atoms with Crippen LogP contribution in [0.1, 0.15) is 40.0 Å². The van der Waals surface area contributed by atoms with Crippen molar-refractivity contribution < 1.29 is 9.47 Å². The molecule has 1 fully saturated rings. The monoisotopic (exact) mass is 210 g/mol. The fourth-order valence-electron chi connectivity index (χ4n) is 1.53. The molecule has 0 N–H and O–H groups in total. The first-order valence-corrected chi connectivity index (χ1v) is 5.70. The largest absolute Gasteiger partial charge is 0.350 e. The zero-order valence-electron chi connectivity index (χ0n) is 10.1. The van der Waals surface area contributed by atoms with Crippen LogP contribution >= 0.6 is 0 Å². The highest BCUT2D eigenvalue weighted by atomic mass is 16.7. The van der Waals surface area contributed by atoms with Gasteiger partial charge in [0.15, 0.2) is 6.29 Å². The van der Waals surface area contributed by atoms with Crippen molar-refractivity contribution in [3.05, 3.63) is 23.3 Å². The topological polar surface area (TPSA) is 18.5 Å². The lowest BCUT2D eigenvalue weighted by Gasteiger charge is -2.06. The van der Waals surface area contributed by atoms with Gasteiger partial charge < -0.3 is 9.47 Å². The molecule has 0 atom stereocenters. The van der Waals surface area contributed by atoms with Crippen molar-refractivity contribution >= 4 is 0 Å². The minimum atomic E-state index is 0.00315. The Morgan fingerprint density at radius 2 is 1.80 bits per heavy atom. The molecule has 1 aliphatic heterocycles. The highest BCUT2D eigenvalue weighted by Gasteiger charge is 2.13. The lowest BCUT2D eigenvalue weighted by atomic mass is 10.1. The lowest BCUT2D eigenvalue weighted by Crippen LogP contribution is -2.05. The Hall–Kier alpha value is -0.600. The van der Waals surface area contributed by atoms with Gasteiger partial charge in [0.05, 0.1) is 13.2 Å². The molecule has 1 aliphatic rings. The Morgan fingerprint density at radius 3 is 2.40 bits per heavy atom. The molecule has 0 unspecified atom stereocenters. The molecule has 0 aliphatic carbocycles. The van der Waals surface area contributed by atoms with Gasteiger partial charge in [-0.3, -0.25) is 0 Å².